The van der Waals surface area contributed by atoms with Crippen molar-refractivity contribution in [3.63, 3.8) is 0 Å². The minimum atomic E-state index is 0.367. The standard InChI is InChI=1S/C19H25N3O2/c1-2-3-13-23-14-12-21-19(20)22-16-8-7-11-18(15-16)24-17-9-5-4-6-10-17/h4-11,15H,2-3,12-14H2,1H3,(H3,20,21,22). The number of para-hydroxylation sites is 1. The Bertz CT molecular complexity index is 630. The van der Waals surface area contributed by atoms with Gasteiger partial charge in [-0.05, 0) is 30.7 Å². The van der Waals surface area contributed by atoms with Gasteiger partial charge in [0, 0.05) is 18.4 Å². The Hall–Kier alpha value is -2.53. The second-order valence-corrected chi connectivity index (χ2v) is 5.30. The van der Waals surface area contributed by atoms with Crippen molar-refractivity contribution in [3.8, 4) is 11.5 Å². The molecule has 2 aromatic carbocycles. The van der Waals surface area contributed by atoms with Crippen LogP contribution in [0.25, 0.3) is 0 Å². The third-order valence-corrected chi connectivity index (χ3v) is 3.25. The zero-order valence-corrected chi connectivity index (χ0v) is 14.1. The van der Waals surface area contributed by atoms with Crippen LogP contribution in [0.1, 0.15) is 19.8 Å². The quantitative estimate of drug-likeness (QED) is 0.414. The first-order valence-electron chi connectivity index (χ1n) is 8.25. The van der Waals surface area contributed by atoms with Gasteiger partial charge < -0.3 is 20.5 Å². The van der Waals surface area contributed by atoms with Crippen molar-refractivity contribution in [1.29, 1.82) is 0 Å². The number of nitrogens with one attached hydrogen (secondary N) is 1. The molecule has 0 spiro atoms. The highest BCUT2D eigenvalue weighted by Gasteiger charge is 2.00. The molecule has 5 heteroatoms. The first-order valence-corrected chi connectivity index (χ1v) is 8.25. The Morgan fingerprint density at radius 2 is 1.83 bits per heavy atom. The molecule has 0 fully saturated rings. The molecule has 0 saturated heterocycles. The van der Waals surface area contributed by atoms with Gasteiger partial charge in [-0.2, -0.15) is 0 Å². The first kappa shape index (κ1) is 17.8. The number of aliphatic imine (C=N–C) groups is 1. The average Bonchev–Trinajstić information content (AvgIpc) is 2.59. The average molecular weight is 327 g/mol. The second-order valence-electron chi connectivity index (χ2n) is 5.30. The molecule has 0 saturated carbocycles. The lowest BCUT2D eigenvalue weighted by Crippen LogP contribution is -2.23. The predicted molar refractivity (Wildman–Crippen MR) is 98.8 cm³/mol. The van der Waals surface area contributed by atoms with Gasteiger partial charge in [0.15, 0.2) is 5.96 Å². The number of unbranched alkanes of at least 4 members (excludes halogenated alkanes) is 1. The van der Waals surface area contributed by atoms with Gasteiger partial charge >= 0.3 is 0 Å². The molecule has 0 bridgehead atoms. The lowest BCUT2D eigenvalue weighted by atomic mass is 10.3. The molecular weight excluding hydrogens is 302 g/mol. The molecule has 0 atom stereocenters. The van der Waals surface area contributed by atoms with Gasteiger partial charge in [0.2, 0.25) is 0 Å². The molecule has 0 heterocycles. The van der Waals surface area contributed by atoms with Crippen molar-refractivity contribution in [1.82, 2.24) is 0 Å². The molecule has 0 aromatic heterocycles. The SMILES string of the molecule is CCCCOCCN=C(N)Nc1cccc(Oc2ccccc2)c1. The van der Waals surface area contributed by atoms with Gasteiger partial charge in [-0.3, -0.25) is 4.99 Å². The molecule has 0 aliphatic rings. The maximum Gasteiger partial charge on any atom is 0.193 e. The number of guanidine groups is 1. The monoisotopic (exact) mass is 327 g/mol. The molecule has 2 aromatic rings. The number of nitrogens with zero attached hydrogens (tertiary/aromatic N) is 1. The molecule has 0 radical (unpaired) electrons. The van der Waals surface area contributed by atoms with Crippen LogP contribution >= 0.6 is 0 Å². The van der Waals surface area contributed by atoms with E-state index in [9.17, 15) is 0 Å². The van der Waals surface area contributed by atoms with Crippen LogP contribution in [-0.2, 0) is 4.74 Å². The van der Waals surface area contributed by atoms with E-state index in [1.54, 1.807) is 0 Å². The van der Waals surface area contributed by atoms with Crippen LogP contribution in [0.5, 0.6) is 11.5 Å². The van der Waals surface area contributed by atoms with Crippen LogP contribution in [-0.4, -0.2) is 25.7 Å². The lowest BCUT2D eigenvalue weighted by molar-refractivity contribution is 0.139. The highest BCUT2D eigenvalue weighted by molar-refractivity contribution is 5.92. The third kappa shape index (κ3) is 6.71. The number of hydrogen-bond acceptors (Lipinski definition) is 3. The summed E-state index contributed by atoms with van der Waals surface area (Å²) in [6.45, 7) is 4.04. The van der Waals surface area contributed by atoms with E-state index in [0.29, 0.717) is 19.1 Å². The number of rotatable bonds is 9. The summed E-state index contributed by atoms with van der Waals surface area (Å²) in [4.78, 5) is 4.25. The highest BCUT2D eigenvalue weighted by atomic mass is 16.5. The van der Waals surface area contributed by atoms with E-state index in [2.05, 4.69) is 17.2 Å². The Morgan fingerprint density at radius 1 is 1.04 bits per heavy atom. The Morgan fingerprint density at radius 3 is 2.62 bits per heavy atom. The van der Waals surface area contributed by atoms with Crippen LogP contribution in [0.4, 0.5) is 5.69 Å². The topological polar surface area (TPSA) is 68.9 Å². The number of ether oxygens (including phenoxy) is 2. The fourth-order valence-electron chi connectivity index (χ4n) is 2.03. The molecule has 0 aliphatic heterocycles. The summed E-state index contributed by atoms with van der Waals surface area (Å²) in [5.41, 5.74) is 6.72. The van der Waals surface area contributed by atoms with E-state index in [4.69, 9.17) is 15.2 Å². The number of benzene rings is 2. The van der Waals surface area contributed by atoms with Crippen LogP contribution in [0, 0.1) is 0 Å². The molecular formula is C19H25N3O2. The van der Waals surface area contributed by atoms with E-state index >= 15 is 0 Å². The van der Waals surface area contributed by atoms with Crippen molar-refractivity contribution in [3.05, 3.63) is 54.6 Å². The van der Waals surface area contributed by atoms with E-state index < -0.39 is 0 Å². The van der Waals surface area contributed by atoms with Crippen molar-refractivity contribution < 1.29 is 9.47 Å². The molecule has 2 rings (SSSR count). The van der Waals surface area contributed by atoms with Crippen molar-refractivity contribution in [2.75, 3.05) is 25.1 Å². The van der Waals surface area contributed by atoms with E-state index in [0.717, 1.165) is 36.6 Å². The van der Waals surface area contributed by atoms with Gasteiger partial charge in [-0.1, -0.05) is 37.6 Å². The fourth-order valence-corrected chi connectivity index (χ4v) is 2.03. The van der Waals surface area contributed by atoms with E-state index in [1.807, 2.05) is 54.6 Å². The van der Waals surface area contributed by atoms with Crippen LogP contribution in [0.2, 0.25) is 0 Å². The number of anilines is 1. The summed E-state index contributed by atoms with van der Waals surface area (Å²) in [6, 6.07) is 17.2. The predicted octanol–water partition coefficient (Wildman–Crippen LogP) is 4.02. The fraction of sp³-hybridized carbons (Fsp3) is 0.316. The molecule has 0 unspecified atom stereocenters. The Balaban J connectivity index is 1.82. The molecule has 0 amide bonds. The first-order chi connectivity index (χ1) is 11.8. The second kappa shape index (κ2) is 10.3. The minimum Gasteiger partial charge on any atom is -0.457 e. The summed E-state index contributed by atoms with van der Waals surface area (Å²) in [5, 5.41) is 3.06. The lowest BCUT2D eigenvalue weighted by Gasteiger charge is -2.09. The van der Waals surface area contributed by atoms with Gasteiger partial charge in [-0.25, -0.2) is 0 Å². The summed E-state index contributed by atoms with van der Waals surface area (Å²) >= 11 is 0. The number of nitrogens with two attached hydrogens (primary N) is 1. The number of hydrogen-bond donors (Lipinski definition) is 2. The summed E-state index contributed by atoms with van der Waals surface area (Å²) in [5.74, 6) is 1.90. The molecule has 24 heavy (non-hydrogen) atoms. The third-order valence-electron chi connectivity index (χ3n) is 3.25. The maximum absolute atomic E-state index is 5.89. The van der Waals surface area contributed by atoms with Gasteiger partial charge in [0.1, 0.15) is 11.5 Å². The summed E-state index contributed by atoms with van der Waals surface area (Å²) < 4.78 is 11.2. The normalized spacial score (nSPS) is 11.3. The van der Waals surface area contributed by atoms with E-state index in [-0.39, 0.29) is 0 Å². The van der Waals surface area contributed by atoms with Gasteiger partial charge in [0.05, 0.1) is 13.2 Å². The largest absolute Gasteiger partial charge is 0.457 e. The molecule has 5 nitrogen and oxygen atoms in total. The van der Waals surface area contributed by atoms with Crippen molar-refractivity contribution in [2.45, 2.75) is 19.8 Å². The van der Waals surface area contributed by atoms with Crippen molar-refractivity contribution >= 4 is 11.6 Å². The smallest absolute Gasteiger partial charge is 0.193 e. The van der Waals surface area contributed by atoms with E-state index in [1.165, 1.54) is 0 Å². The summed E-state index contributed by atoms with van der Waals surface area (Å²) in [7, 11) is 0. The summed E-state index contributed by atoms with van der Waals surface area (Å²) in [6.07, 6.45) is 2.21. The van der Waals surface area contributed by atoms with Gasteiger partial charge in [0.25, 0.3) is 0 Å². The molecule has 0 aliphatic carbocycles. The Labute approximate surface area is 143 Å². The maximum atomic E-state index is 5.89. The zero-order valence-electron chi connectivity index (χ0n) is 14.1. The molecule has 3 N–H and O–H groups in total. The van der Waals surface area contributed by atoms with Crippen LogP contribution < -0.4 is 15.8 Å². The Kier molecular flexibility index (Phi) is 7.63. The van der Waals surface area contributed by atoms with Crippen molar-refractivity contribution in [2.24, 2.45) is 10.7 Å². The minimum absolute atomic E-state index is 0.367. The molecule has 128 valence electrons. The zero-order chi connectivity index (χ0) is 17.0. The van der Waals surface area contributed by atoms with Crippen LogP contribution in [0.15, 0.2) is 59.6 Å². The van der Waals surface area contributed by atoms with Gasteiger partial charge in [-0.15, -0.1) is 0 Å². The van der Waals surface area contributed by atoms with Crippen LogP contribution in [0.3, 0.4) is 0 Å². The highest BCUT2D eigenvalue weighted by Crippen LogP contribution is 2.23.